The number of thiophene rings is 1. The number of nitrogens with zero attached hydrogens (tertiary/aromatic N) is 3. The van der Waals surface area contributed by atoms with Crippen LogP contribution in [0.1, 0.15) is 4.88 Å². The van der Waals surface area contributed by atoms with Crippen molar-refractivity contribution in [2.24, 2.45) is 0 Å². The maximum Gasteiger partial charge on any atom is 0.228 e. The topological polar surface area (TPSA) is 62.7 Å². The van der Waals surface area contributed by atoms with E-state index in [0.29, 0.717) is 11.9 Å². The Hall–Kier alpha value is -0.920. The van der Waals surface area contributed by atoms with Gasteiger partial charge in [0.15, 0.2) is 0 Å². The molecule has 0 aliphatic carbocycles. The van der Waals surface area contributed by atoms with E-state index in [2.05, 4.69) is 47.6 Å². The van der Waals surface area contributed by atoms with Gasteiger partial charge in [0.25, 0.3) is 0 Å². The molecule has 96 valence electrons. The predicted molar refractivity (Wildman–Crippen MR) is 78.6 cm³/mol. The van der Waals surface area contributed by atoms with Crippen molar-refractivity contribution in [3.05, 3.63) is 26.1 Å². The minimum atomic E-state index is 0.177. The molecule has 0 atom stereocenters. The fourth-order valence-electron chi connectivity index (χ4n) is 1.32. The summed E-state index contributed by atoms with van der Waals surface area (Å²) in [6, 6.07) is 4.13. The molecule has 0 bridgehead atoms. The maximum atomic E-state index is 5.78. The second-order valence-corrected chi connectivity index (χ2v) is 6.27. The predicted octanol–water partition coefficient (Wildman–Crippen LogP) is 3.05. The molecule has 5 nitrogen and oxygen atoms in total. The van der Waals surface area contributed by atoms with Gasteiger partial charge in [0.2, 0.25) is 17.2 Å². The summed E-state index contributed by atoms with van der Waals surface area (Å²) in [7, 11) is 1.73. The Morgan fingerprint density at radius 2 is 2.06 bits per heavy atom. The molecule has 0 saturated carbocycles. The zero-order valence-electron chi connectivity index (χ0n) is 9.57. The second kappa shape index (κ2) is 6.31. The smallest absolute Gasteiger partial charge is 0.228 e. The van der Waals surface area contributed by atoms with Gasteiger partial charge in [-0.2, -0.15) is 15.0 Å². The first-order valence-corrected chi connectivity index (χ1v) is 7.23. The van der Waals surface area contributed by atoms with Crippen molar-refractivity contribution in [2.45, 2.75) is 6.42 Å². The highest BCUT2D eigenvalue weighted by Gasteiger charge is 2.03. The molecule has 0 aliphatic heterocycles. The molecule has 0 fully saturated rings. The number of rotatable bonds is 5. The first kappa shape index (κ1) is 13.5. The van der Waals surface area contributed by atoms with E-state index >= 15 is 0 Å². The minimum Gasteiger partial charge on any atom is -0.357 e. The summed E-state index contributed by atoms with van der Waals surface area (Å²) in [6.45, 7) is 0.746. The number of nitrogens with one attached hydrogen (secondary N) is 2. The van der Waals surface area contributed by atoms with E-state index in [0.717, 1.165) is 16.8 Å². The van der Waals surface area contributed by atoms with Crippen LogP contribution in [0.2, 0.25) is 5.28 Å². The lowest BCUT2D eigenvalue weighted by Gasteiger charge is -2.05. The summed E-state index contributed by atoms with van der Waals surface area (Å²) >= 11 is 10.9. The first-order valence-electron chi connectivity index (χ1n) is 5.25. The number of hydrogen-bond donors (Lipinski definition) is 2. The van der Waals surface area contributed by atoms with Gasteiger partial charge < -0.3 is 10.6 Å². The lowest BCUT2D eigenvalue weighted by Crippen LogP contribution is -2.09. The molecular weight excluding hydrogens is 338 g/mol. The third kappa shape index (κ3) is 3.79. The Balaban J connectivity index is 1.91. The molecule has 2 aromatic rings. The molecule has 0 spiro atoms. The standard InChI is InChI=1S/C10H11BrClN5S/c1-13-9-15-8(12)16-10(17-9)14-5-4-6-2-3-7(11)18-6/h2-3H,4-5H2,1H3,(H2,13,14,15,16,17). The van der Waals surface area contributed by atoms with Crippen LogP contribution in [-0.2, 0) is 6.42 Å². The lowest BCUT2D eigenvalue weighted by atomic mass is 10.3. The first-order chi connectivity index (χ1) is 8.67. The van der Waals surface area contributed by atoms with Crippen LogP contribution in [0, 0.1) is 0 Å². The fourth-order valence-corrected chi connectivity index (χ4v) is 2.97. The number of aromatic nitrogens is 3. The average molecular weight is 349 g/mol. The molecule has 0 amide bonds. The van der Waals surface area contributed by atoms with Crippen molar-refractivity contribution in [3.63, 3.8) is 0 Å². The van der Waals surface area contributed by atoms with E-state index in [4.69, 9.17) is 11.6 Å². The van der Waals surface area contributed by atoms with Crippen LogP contribution in [0.25, 0.3) is 0 Å². The third-order valence-electron chi connectivity index (χ3n) is 2.12. The van der Waals surface area contributed by atoms with Gasteiger partial charge >= 0.3 is 0 Å². The molecule has 2 rings (SSSR count). The van der Waals surface area contributed by atoms with Crippen LogP contribution in [0.3, 0.4) is 0 Å². The van der Waals surface area contributed by atoms with Gasteiger partial charge in [-0.05, 0) is 46.1 Å². The van der Waals surface area contributed by atoms with E-state index < -0.39 is 0 Å². The van der Waals surface area contributed by atoms with Gasteiger partial charge in [-0.25, -0.2) is 0 Å². The monoisotopic (exact) mass is 347 g/mol. The van der Waals surface area contributed by atoms with Crippen molar-refractivity contribution >= 4 is 50.8 Å². The average Bonchev–Trinajstić information content (AvgIpc) is 2.74. The summed E-state index contributed by atoms with van der Waals surface area (Å²) in [5.74, 6) is 0.936. The van der Waals surface area contributed by atoms with Crippen molar-refractivity contribution in [3.8, 4) is 0 Å². The Morgan fingerprint density at radius 3 is 2.72 bits per heavy atom. The number of halogens is 2. The molecular formula is C10H11BrClN5S. The summed E-state index contributed by atoms with van der Waals surface area (Å²) in [6.07, 6.45) is 0.911. The van der Waals surface area contributed by atoms with Gasteiger partial charge in [0.05, 0.1) is 3.79 Å². The van der Waals surface area contributed by atoms with Crippen LogP contribution in [0.4, 0.5) is 11.9 Å². The van der Waals surface area contributed by atoms with Crippen LogP contribution >= 0.6 is 38.9 Å². The third-order valence-corrected chi connectivity index (χ3v) is 3.97. The van der Waals surface area contributed by atoms with Crippen LogP contribution < -0.4 is 10.6 Å². The molecule has 0 unspecified atom stereocenters. The molecule has 0 radical (unpaired) electrons. The maximum absolute atomic E-state index is 5.78. The summed E-state index contributed by atoms with van der Waals surface area (Å²) in [5, 5.41) is 6.13. The van der Waals surface area contributed by atoms with Crippen LogP contribution in [0.5, 0.6) is 0 Å². The van der Waals surface area contributed by atoms with Gasteiger partial charge in [0.1, 0.15) is 0 Å². The molecule has 18 heavy (non-hydrogen) atoms. The Bertz CT molecular complexity index is 533. The fraction of sp³-hybridized carbons (Fsp3) is 0.300. The van der Waals surface area contributed by atoms with Crippen LogP contribution in [-0.4, -0.2) is 28.5 Å². The normalized spacial score (nSPS) is 10.4. The molecule has 0 aliphatic rings. The summed E-state index contributed by atoms with van der Waals surface area (Å²) in [5.41, 5.74) is 0. The van der Waals surface area contributed by atoms with Crippen molar-refractivity contribution in [2.75, 3.05) is 24.2 Å². The van der Waals surface area contributed by atoms with Crippen molar-refractivity contribution in [1.29, 1.82) is 0 Å². The molecule has 0 aromatic carbocycles. The van der Waals surface area contributed by atoms with E-state index in [-0.39, 0.29) is 5.28 Å². The van der Waals surface area contributed by atoms with E-state index in [1.807, 2.05) is 6.07 Å². The van der Waals surface area contributed by atoms with E-state index in [9.17, 15) is 0 Å². The minimum absolute atomic E-state index is 0.177. The lowest BCUT2D eigenvalue weighted by molar-refractivity contribution is 0.974. The van der Waals surface area contributed by atoms with Gasteiger partial charge in [-0.1, -0.05) is 0 Å². The number of hydrogen-bond acceptors (Lipinski definition) is 6. The Labute approximate surface area is 122 Å². The number of anilines is 2. The molecule has 0 saturated heterocycles. The Kier molecular flexibility index (Phi) is 4.73. The van der Waals surface area contributed by atoms with Gasteiger partial charge in [0, 0.05) is 18.5 Å². The largest absolute Gasteiger partial charge is 0.357 e. The molecule has 2 heterocycles. The van der Waals surface area contributed by atoms with E-state index in [1.54, 1.807) is 18.4 Å². The van der Waals surface area contributed by atoms with Gasteiger partial charge in [-0.3, -0.25) is 0 Å². The highest BCUT2D eigenvalue weighted by molar-refractivity contribution is 9.11. The van der Waals surface area contributed by atoms with Crippen LogP contribution in [0.15, 0.2) is 15.9 Å². The summed E-state index contributed by atoms with van der Waals surface area (Å²) in [4.78, 5) is 13.4. The van der Waals surface area contributed by atoms with Crippen molar-refractivity contribution < 1.29 is 0 Å². The quantitative estimate of drug-likeness (QED) is 0.869. The Morgan fingerprint density at radius 1 is 1.28 bits per heavy atom. The second-order valence-electron chi connectivity index (χ2n) is 3.38. The van der Waals surface area contributed by atoms with Gasteiger partial charge in [-0.15, -0.1) is 11.3 Å². The zero-order valence-corrected chi connectivity index (χ0v) is 12.7. The molecule has 2 aromatic heterocycles. The summed E-state index contributed by atoms with van der Waals surface area (Å²) < 4.78 is 1.14. The zero-order chi connectivity index (χ0) is 13.0. The molecule has 2 N–H and O–H groups in total. The molecule has 8 heteroatoms. The van der Waals surface area contributed by atoms with E-state index in [1.165, 1.54) is 4.88 Å². The SMILES string of the molecule is CNc1nc(Cl)nc(NCCc2ccc(Br)s2)n1. The highest BCUT2D eigenvalue weighted by atomic mass is 79.9. The van der Waals surface area contributed by atoms with Crippen molar-refractivity contribution in [1.82, 2.24) is 15.0 Å². The highest BCUT2D eigenvalue weighted by Crippen LogP contribution is 2.22.